The smallest absolute Gasteiger partial charge is 0.171 e. The summed E-state index contributed by atoms with van der Waals surface area (Å²) in [7, 11) is 0. The van der Waals surface area contributed by atoms with Gasteiger partial charge in [-0.1, -0.05) is 5.16 Å². The molecule has 1 aromatic rings. The number of rotatable bonds is 0. The van der Waals surface area contributed by atoms with Gasteiger partial charge in [-0.15, -0.1) is 0 Å². The van der Waals surface area contributed by atoms with Crippen LogP contribution in [0.3, 0.4) is 0 Å². The third-order valence-electron chi connectivity index (χ3n) is 2.85. The lowest BCUT2D eigenvalue weighted by Gasteiger charge is -2.19. The number of fused-ring (bicyclic) bond motifs is 4. The van der Waals surface area contributed by atoms with Gasteiger partial charge in [-0.25, -0.2) is 0 Å². The van der Waals surface area contributed by atoms with Crippen LogP contribution in [0.2, 0.25) is 0 Å². The minimum absolute atomic E-state index is 0.407. The molecule has 3 rings (SSSR count). The maximum Gasteiger partial charge on any atom is 0.171 e. The van der Waals surface area contributed by atoms with Gasteiger partial charge in [0.05, 0.1) is 5.56 Å². The molecule has 2 atom stereocenters. The summed E-state index contributed by atoms with van der Waals surface area (Å²) in [6.07, 6.45) is 3.35. The number of nitrogens with one attached hydrogen (secondary N) is 1. The number of nitrogens with two attached hydrogens (primary N) is 1. The highest BCUT2D eigenvalue weighted by Gasteiger charge is 2.36. The lowest BCUT2D eigenvalue weighted by molar-refractivity contribution is 0.356. The molecular weight excluding hydrogens is 154 g/mol. The summed E-state index contributed by atoms with van der Waals surface area (Å²) in [6.45, 7) is 0. The second-order valence-electron chi connectivity index (χ2n) is 3.60. The Bertz CT molecular complexity index is 320. The van der Waals surface area contributed by atoms with Gasteiger partial charge in [-0.3, -0.25) is 0 Å². The fraction of sp³-hybridized carbons (Fsp3) is 0.625. The first-order chi connectivity index (χ1) is 5.84. The van der Waals surface area contributed by atoms with Crippen molar-refractivity contribution < 1.29 is 4.52 Å². The molecule has 2 unspecified atom stereocenters. The van der Waals surface area contributed by atoms with Crippen LogP contribution in [0.5, 0.6) is 0 Å². The summed E-state index contributed by atoms with van der Waals surface area (Å²) in [6, 6.07) is 1.000. The van der Waals surface area contributed by atoms with Gasteiger partial charge in [0.25, 0.3) is 0 Å². The fourth-order valence-electron chi connectivity index (χ4n) is 2.30. The molecule has 1 saturated heterocycles. The quantitative estimate of drug-likeness (QED) is 0.591. The van der Waals surface area contributed by atoms with E-state index in [0.29, 0.717) is 17.9 Å². The van der Waals surface area contributed by atoms with E-state index in [9.17, 15) is 0 Å². The molecule has 3 N–H and O–H groups in total. The number of nitrogen functional groups attached to an aromatic ring is 1. The zero-order valence-corrected chi connectivity index (χ0v) is 6.71. The van der Waals surface area contributed by atoms with Crippen molar-refractivity contribution in [3.8, 4) is 0 Å². The molecule has 3 heterocycles. The Morgan fingerprint density at radius 3 is 3.33 bits per heavy atom. The SMILES string of the molecule is Nc1noc2c1C1CCC(C2)N1. The molecule has 12 heavy (non-hydrogen) atoms. The summed E-state index contributed by atoms with van der Waals surface area (Å²) in [5.41, 5.74) is 6.82. The second-order valence-corrected chi connectivity index (χ2v) is 3.60. The third-order valence-corrected chi connectivity index (χ3v) is 2.85. The molecule has 4 nitrogen and oxygen atoms in total. The number of aromatic nitrogens is 1. The summed E-state index contributed by atoms with van der Waals surface area (Å²) >= 11 is 0. The van der Waals surface area contributed by atoms with E-state index < -0.39 is 0 Å². The monoisotopic (exact) mass is 165 g/mol. The molecule has 0 amide bonds. The van der Waals surface area contributed by atoms with Gasteiger partial charge in [0.2, 0.25) is 0 Å². The standard InChI is InChI=1S/C8H11N3O/c9-8-7-5-2-1-4(10-5)3-6(7)12-11-8/h4-5,10H,1-3H2,(H2,9,11). The minimum Gasteiger partial charge on any atom is -0.381 e. The Morgan fingerprint density at radius 1 is 1.50 bits per heavy atom. The molecule has 0 spiro atoms. The van der Waals surface area contributed by atoms with Crippen molar-refractivity contribution in [1.29, 1.82) is 0 Å². The summed E-state index contributed by atoms with van der Waals surface area (Å²) in [5.74, 6) is 1.57. The first kappa shape index (κ1) is 6.48. The predicted molar refractivity (Wildman–Crippen MR) is 43.5 cm³/mol. The van der Waals surface area contributed by atoms with Crippen molar-refractivity contribution in [2.75, 3.05) is 5.73 Å². The van der Waals surface area contributed by atoms with E-state index in [1.165, 1.54) is 12.8 Å². The molecule has 2 aliphatic heterocycles. The Labute approximate surface area is 70.1 Å². The Balaban J connectivity index is 2.15. The fourth-order valence-corrected chi connectivity index (χ4v) is 2.30. The lowest BCUT2D eigenvalue weighted by atomic mass is 10.0. The largest absolute Gasteiger partial charge is 0.381 e. The van der Waals surface area contributed by atoms with Gasteiger partial charge < -0.3 is 15.6 Å². The van der Waals surface area contributed by atoms with Crippen molar-refractivity contribution in [2.45, 2.75) is 31.3 Å². The maximum absolute atomic E-state index is 5.70. The Kier molecular flexibility index (Phi) is 1.09. The number of hydrogen-bond donors (Lipinski definition) is 2. The van der Waals surface area contributed by atoms with E-state index in [0.717, 1.165) is 17.7 Å². The van der Waals surface area contributed by atoms with Crippen LogP contribution in [0.1, 0.15) is 30.2 Å². The van der Waals surface area contributed by atoms with Gasteiger partial charge >= 0.3 is 0 Å². The van der Waals surface area contributed by atoms with Crippen LogP contribution < -0.4 is 11.1 Å². The zero-order chi connectivity index (χ0) is 8.13. The average Bonchev–Trinajstić information content (AvgIpc) is 2.59. The van der Waals surface area contributed by atoms with E-state index in [1.807, 2.05) is 0 Å². The van der Waals surface area contributed by atoms with Crippen LogP contribution in [0.25, 0.3) is 0 Å². The molecule has 0 aromatic carbocycles. The first-order valence-corrected chi connectivity index (χ1v) is 4.34. The number of nitrogens with zero attached hydrogens (tertiary/aromatic N) is 1. The highest BCUT2D eigenvalue weighted by molar-refractivity contribution is 5.45. The molecule has 64 valence electrons. The van der Waals surface area contributed by atoms with Crippen LogP contribution in [0, 0.1) is 0 Å². The van der Waals surface area contributed by atoms with Gasteiger partial charge in [0.15, 0.2) is 5.82 Å². The van der Waals surface area contributed by atoms with Crippen LogP contribution >= 0.6 is 0 Å². The van der Waals surface area contributed by atoms with E-state index in [2.05, 4.69) is 10.5 Å². The predicted octanol–water partition coefficient (Wildman–Crippen LogP) is 0.606. The van der Waals surface area contributed by atoms with E-state index in [-0.39, 0.29) is 0 Å². The molecule has 1 aromatic heterocycles. The van der Waals surface area contributed by atoms with Crippen molar-refractivity contribution in [3.63, 3.8) is 0 Å². The molecule has 1 fully saturated rings. The highest BCUT2D eigenvalue weighted by atomic mass is 16.5. The van der Waals surface area contributed by atoms with E-state index in [1.54, 1.807) is 0 Å². The van der Waals surface area contributed by atoms with Gasteiger partial charge in [0.1, 0.15) is 5.76 Å². The first-order valence-electron chi connectivity index (χ1n) is 4.34. The summed E-state index contributed by atoms with van der Waals surface area (Å²) < 4.78 is 5.15. The zero-order valence-electron chi connectivity index (χ0n) is 6.71. The number of anilines is 1. The van der Waals surface area contributed by atoms with Crippen LogP contribution in [-0.4, -0.2) is 11.2 Å². The Morgan fingerprint density at radius 2 is 2.42 bits per heavy atom. The summed E-state index contributed by atoms with van der Waals surface area (Å²) in [5, 5.41) is 7.27. The molecule has 0 radical (unpaired) electrons. The molecule has 2 aliphatic rings. The van der Waals surface area contributed by atoms with Crippen molar-refractivity contribution >= 4 is 5.82 Å². The average molecular weight is 165 g/mol. The maximum atomic E-state index is 5.70. The van der Waals surface area contributed by atoms with Crippen molar-refractivity contribution in [1.82, 2.24) is 10.5 Å². The molecule has 0 saturated carbocycles. The molecule has 0 aliphatic carbocycles. The van der Waals surface area contributed by atoms with Crippen LogP contribution in [-0.2, 0) is 6.42 Å². The molecule has 2 bridgehead atoms. The van der Waals surface area contributed by atoms with Gasteiger partial charge in [0, 0.05) is 18.5 Å². The highest BCUT2D eigenvalue weighted by Crippen LogP contribution is 2.38. The van der Waals surface area contributed by atoms with Gasteiger partial charge in [-0.2, -0.15) is 0 Å². The van der Waals surface area contributed by atoms with E-state index >= 15 is 0 Å². The van der Waals surface area contributed by atoms with Crippen LogP contribution in [0.15, 0.2) is 4.52 Å². The van der Waals surface area contributed by atoms with E-state index in [4.69, 9.17) is 10.3 Å². The van der Waals surface area contributed by atoms with Crippen LogP contribution in [0.4, 0.5) is 5.82 Å². The third kappa shape index (κ3) is 0.679. The Hall–Kier alpha value is -1.03. The molecule has 4 heteroatoms. The normalized spacial score (nSPS) is 32.0. The molecular formula is C8H11N3O. The minimum atomic E-state index is 0.407. The number of hydrogen-bond acceptors (Lipinski definition) is 4. The van der Waals surface area contributed by atoms with Crippen molar-refractivity contribution in [2.24, 2.45) is 0 Å². The van der Waals surface area contributed by atoms with Crippen molar-refractivity contribution in [3.05, 3.63) is 11.3 Å². The lowest BCUT2D eigenvalue weighted by Crippen LogP contribution is -2.31. The second kappa shape index (κ2) is 2.01. The topological polar surface area (TPSA) is 64.1 Å². The van der Waals surface area contributed by atoms with Gasteiger partial charge in [-0.05, 0) is 12.8 Å². The summed E-state index contributed by atoms with van der Waals surface area (Å²) in [4.78, 5) is 0.